The third kappa shape index (κ3) is 3.54. The van der Waals surface area contributed by atoms with Crippen molar-refractivity contribution < 1.29 is 4.79 Å². The molecule has 1 N–H and O–H groups in total. The van der Waals surface area contributed by atoms with Crippen LogP contribution in [0.15, 0.2) is 65.8 Å². The van der Waals surface area contributed by atoms with Crippen molar-refractivity contribution in [3.63, 3.8) is 0 Å². The molecule has 8 nitrogen and oxygen atoms in total. The van der Waals surface area contributed by atoms with Crippen molar-refractivity contribution in [2.24, 2.45) is 0 Å². The van der Waals surface area contributed by atoms with Crippen molar-refractivity contribution in [1.82, 2.24) is 29.3 Å². The van der Waals surface area contributed by atoms with E-state index in [1.165, 1.54) is 15.3 Å². The molecule has 28 heavy (non-hydrogen) atoms. The fourth-order valence-corrected chi connectivity index (χ4v) is 3.08. The average molecular weight is 397 g/mol. The molecule has 4 aromatic rings. The molecule has 1 aromatic carbocycles. The van der Waals surface area contributed by atoms with Gasteiger partial charge in [-0.25, -0.2) is 14.2 Å². The van der Waals surface area contributed by atoms with Gasteiger partial charge in [0.2, 0.25) is 0 Å². The highest BCUT2D eigenvalue weighted by atomic mass is 35.5. The van der Waals surface area contributed by atoms with Gasteiger partial charge in [-0.3, -0.25) is 9.20 Å². The Balaban J connectivity index is 1.34. The highest BCUT2D eigenvalue weighted by Gasteiger charge is 2.11. The minimum atomic E-state index is -0.236. The first-order valence-electron chi connectivity index (χ1n) is 8.75. The molecule has 9 heteroatoms. The van der Waals surface area contributed by atoms with Gasteiger partial charge >= 0.3 is 5.69 Å². The van der Waals surface area contributed by atoms with Crippen LogP contribution in [0.25, 0.3) is 11.3 Å². The van der Waals surface area contributed by atoms with Gasteiger partial charge in [-0.15, -0.1) is 5.10 Å². The maximum Gasteiger partial charge on any atom is 0.350 e. The van der Waals surface area contributed by atoms with Crippen molar-refractivity contribution in [3.05, 3.63) is 82.1 Å². The predicted molar refractivity (Wildman–Crippen MR) is 105 cm³/mol. The van der Waals surface area contributed by atoms with Gasteiger partial charge in [0, 0.05) is 25.5 Å². The molecule has 0 aliphatic heterocycles. The van der Waals surface area contributed by atoms with Crippen LogP contribution in [-0.4, -0.2) is 36.4 Å². The van der Waals surface area contributed by atoms with Crippen LogP contribution >= 0.6 is 11.6 Å². The van der Waals surface area contributed by atoms with Crippen LogP contribution in [0.3, 0.4) is 0 Å². The number of halogens is 1. The first-order valence-corrected chi connectivity index (χ1v) is 9.13. The summed E-state index contributed by atoms with van der Waals surface area (Å²) in [6.07, 6.45) is 5.38. The molecule has 0 aliphatic carbocycles. The Morgan fingerprint density at radius 3 is 2.79 bits per heavy atom. The number of amides is 1. The van der Waals surface area contributed by atoms with Gasteiger partial charge in [0.1, 0.15) is 0 Å². The first-order chi connectivity index (χ1) is 13.6. The average Bonchev–Trinajstić information content (AvgIpc) is 3.31. The van der Waals surface area contributed by atoms with Crippen LogP contribution in [0, 0.1) is 0 Å². The maximum atomic E-state index is 12.3. The number of nitrogens with zero attached hydrogens (tertiary/aromatic N) is 5. The zero-order valence-corrected chi connectivity index (χ0v) is 15.6. The molecular weight excluding hydrogens is 380 g/mol. The number of rotatable bonds is 6. The molecule has 0 spiro atoms. The Kier molecular flexibility index (Phi) is 4.94. The van der Waals surface area contributed by atoms with Gasteiger partial charge in [-0.2, -0.15) is 5.10 Å². The number of carbonyl (C=O) groups excluding carboxylic acids is 1. The summed E-state index contributed by atoms with van der Waals surface area (Å²) in [5, 5.41) is 11.8. The summed E-state index contributed by atoms with van der Waals surface area (Å²) in [7, 11) is 0. The summed E-state index contributed by atoms with van der Waals surface area (Å²) in [5.74, 6) is -0.236. The smallest absolute Gasteiger partial charge is 0.350 e. The lowest BCUT2D eigenvalue weighted by Gasteiger charge is -2.04. The lowest BCUT2D eigenvalue weighted by atomic mass is 10.3. The van der Waals surface area contributed by atoms with Crippen LogP contribution < -0.4 is 11.0 Å². The molecule has 0 saturated heterocycles. The number of nitrogens with one attached hydrogen (secondary N) is 1. The van der Waals surface area contributed by atoms with E-state index in [0.717, 1.165) is 0 Å². The highest BCUT2D eigenvalue weighted by Crippen LogP contribution is 2.19. The molecule has 0 saturated carbocycles. The fourth-order valence-electron chi connectivity index (χ4n) is 2.86. The lowest BCUT2D eigenvalue weighted by Crippen LogP contribution is -2.27. The van der Waals surface area contributed by atoms with Crippen LogP contribution in [0.5, 0.6) is 0 Å². The second-order valence-corrected chi connectivity index (χ2v) is 6.58. The number of fused-ring (bicyclic) bond motifs is 1. The molecule has 0 bridgehead atoms. The lowest BCUT2D eigenvalue weighted by molar-refractivity contribution is 0.0952. The quantitative estimate of drug-likeness (QED) is 0.506. The number of carbonyl (C=O) groups is 1. The molecule has 0 aliphatic rings. The zero-order chi connectivity index (χ0) is 19.5. The predicted octanol–water partition coefficient (Wildman–Crippen LogP) is 2.16. The van der Waals surface area contributed by atoms with E-state index in [-0.39, 0.29) is 11.6 Å². The molecule has 3 heterocycles. The minimum Gasteiger partial charge on any atom is -0.352 e. The van der Waals surface area contributed by atoms with E-state index >= 15 is 0 Å². The number of aromatic nitrogens is 5. The van der Waals surface area contributed by atoms with Gasteiger partial charge in [-0.05, 0) is 30.7 Å². The van der Waals surface area contributed by atoms with Gasteiger partial charge in [0.05, 0.1) is 22.5 Å². The Bertz CT molecular complexity index is 1190. The Labute approximate surface area is 165 Å². The van der Waals surface area contributed by atoms with E-state index in [0.29, 0.717) is 41.4 Å². The summed E-state index contributed by atoms with van der Waals surface area (Å²) >= 11 is 6.15. The molecule has 0 radical (unpaired) electrons. The Morgan fingerprint density at radius 2 is 1.96 bits per heavy atom. The van der Waals surface area contributed by atoms with Crippen molar-refractivity contribution in [2.45, 2.75) is 13.0 Å². The number of hydrogen-bond acceptors (Lipinski definition) is 4. The SMILES string of the molecule is O=C(NCCCn1nc2ccccn2c1=O)c1cnn(-c2ccccc2Cl)c1. The number of aryl methyl sites for hydroxylation is 1. The van der Waals surface area contributed by atoms with Gasteiger partial charge < -0.3 is 5.32 Å². The summed E-state index contributed by atoms with van der Waals surface area (Å²) in [5.41, 5.74) is 1.55. The van der Waals surface area contributed by atoms with Crippen LogP contribution in [0.4, 0.5) is 0 Å². The Hall–Kier alpha value is -3.39. The number of hydrogen-bond donors (Lipinski definition) is 1. The third-order valence-corrected chi connectivity index (χ3v) is 4.58. The van der Waals surface area contributed by atoms with Crippen LogP contribution in [0.1, 0.15) is 16.8 Å². The fraction of sp³-hybridized carbons (Fsp3) is 0.158. The van der Waals surface area contributed by atoms with Crippen molar-refractivity contribution in [3.8, 4) is 5.69 Å². The number of benzene rings is 1. The van der Waals surface area contributed by atoms with E-state index in [1.807, 2.05) is 24.3 Å². The standard InChI is InChI=1S/C19H17ClN6O2/c20-15-6-1-2-7-16(15)26-13-14(12-22-26)18(27)21-9-5-11-25-19(28)24-10-4-3-8-17(24)23-25/h1-4,6-8,10,12-13H,5,9,11H2,(H,21,27). The molecule has 0 atom stereocenters. The highest BCUT2D eigenvalue weighted by molar-refractivity contribution is 6.32. The van der Waals surface area contributed by atoms with Crippen molar-refractivity contribution in [2.75, 3.05) is 6.54 Å². The molecular formula is C19H17ClN6O2. The van der Waals surface area contributed by atoms with E-state index in [2.05, 4.69) is 15.5 Å². The van der Waals surface area contributed by atoms with Gasteiger partial charge in [-0.1, -0.05) is 29.8 Å². The largest absolute Gasteiger partial charge is 0.352 e. The molecule has 0 fully saturated rings. The molecule has 4 rings (SSSR count). The summed E-state index contributed by atoms with van der Waals surface area (Å²) in [4.78, 5) is 24.5. The van der Waals surface area contributed by atoms with Gasteiger partial charge in [0.25, 0.3) is 5.91 Å². The zero-order valence-electron chi connectivity index (χ0n) is 14.8. The molecule has 1 amide bonds. The van der Waals surface area contributed by atoms with E-state index in [4.69, 9.17) is 11.6 Å². The summed E-state index contributed by atoms with van der Waals surface area (Å²) in [6.45, 7) is 0.829. The maximum absolute atomic E-state index is 12.3. The monoisotopic (exact) mass is 396 g/mol. The summed E-state index contributed by atoms with van der Waals surface area (Å²) in [6, 6.07) is 12.7. The normalized spacial score (nSPS) is 11.0. The third-order valence-electron chi connectivity index (χ3n) is 4.26. The van der Waals surface area contributed by atoms with E-state index in [1.54, 1.807) is 35.3 Å². The Morgan fingerprint density at radius 1 is 1.14 bits per heavy atom. The second-order valence-electron chi connectivity index (χ2n) is 6.17. The second kappa shape index (κ2) is 7.69. The summed E-state index contributed by atoms with van der Waals surface area (Å²) < 4.78 is 4.45. The van der Waals surface area contributed by atoms with Crippen LogP contribution in [-0.2, 0) is 6.54 Å². The van der Waals surface area contributed by atoms with E-state index in [9.17, 15) is 9.59 Å². The van der Waals surface area contributed by atoms with E-state index < -0.39 is 0 Å². The molecule has 3 aromatic heterocycles. The molecule has 0 unspecified atom stereocenters. The topological polar surface area (TPSA) is 86.2 Å². The van der Waals surface area contributed by atoms with Crippen molar-refractivity contribution in [1.29, 1.82) is 0 Å². The molecule has 142 valence electrons. The van der Waals surface area contributed by atoms with Crippen molar-refractivity contribution >= 4 is 23.2 Å². The number of pyridine rings is 1. The number of para-hydroxylation sites is 1. The first kappa shape index (κ1) is 18.0. The van der Waals surface area contributed by atoms with Gasteiger partial charge in [0.15, 0.2) is 5.65 Å². The minimum absolute atomic E-state index is 0.192. The van der Waals surface area contributed by atoms with Crippen LogP contribution in [0.2, 0.25) is 5.02 Å².